The van der Waals surface area contributed by atoms with E-state index in [-0.39, 0.29) is 6.04 Å². The maximum absolute atomic E-state index is 12.5. The highest BCUT2D eigenvalue weighted by atomic mass is 19.4. The summed E-state index contributed by atoms with van der Waals surface area (Å²) in [6.07, 6.45) is 0.449. The minimum Gasteiger partial charge on any atom is -0.394 e. The van der Waals surface area contributed by atoms with E-state index in [0.717, 1.165) is 11.4 Å². The molecule has 0 radical (unpaired) electrons. The van der Waals surface area contributed by atoms with Crippen molar-refractivity contribution < 1.29 is 13.2 Å². The fraction of sp³-hybridized carbons (Fsp3) is 0.562. The molecule has 2 aromatic rings. The molecular formula is C16H23F3N8. The Morgan fingerprint density at radius 1 is 1.30 bits per heavy atom. The Bertz CT molecular complexity index is 780. The molecule has 11 heteroatoms. The normalized spacial score (nSPS) is 16.5. The number of nitrogen functional groups attached to an aromatic ring is 1. The van der Waals surface area contributed by atoms with Crippen LogP contribution in [0.1, 0.15) is 24.6 Å². The number of alkyl halides is 3. The topological polar surface area (TPSA) is 96.9 Å². The highest BCUT2D eigenvalue weighted by molar-refractivity contribution is 5.64. The number of piperidine rings is 1. The molecule has 0 aromatic carbocycles. The van der Waals surface area contributed by atoms with Gasteiger partial charge in [0.2, 0.25) is 5.95 Å². The Labute approximate surface area is 155 Å². The molecular weight excluding hydrogens is 361 g/mol. The average molecular weight is 384 g/mol. The van der Waals surface area contributed by atoms with E-state index in [4.69, 9.17) is 5.73 Å². The summed E-state index contributed by atoms with van der Waals surface area (Å²) in [6, 6.07) is 0.0731. The Balaban J connectivity index is 1.65. The molecule has 0 saturated carbocycles. The number of nitrogens with two attached hydrogens (primary N) is 1. The molecule has 148 valence electrons. The third kappa shape index (κ3) is 4.79. The first kappa shape index (κ1) is 19.2. The zero-order valence-corrected chi connectivity index (χ0v) is 15.2. The van der Waals surface area contributed by atoms with Crippen LogP contribution in [0.2, 0.25) is 0 Å². The maximum Gasteiger partial charge on any atom is 0.401 e. The van der Waals surface area contributed by atoms with Crippen LogP contribution >= 0.6 is 0 Å². The molecule has 0 unspecified atom stereocenters. The number of nitrogens with zero attached hydrogens (tertiary/aromatic N) is 5. The molecule has 4 N–H and O–H groups in total. The van der Waals surface area contributed by atoms with E-state index in [1.54, 1.807) is 7.05 Å². The first-order valence-corrected chi connectivity index (χ1v) is 8.67. The summed E-state index contributed by atoms with van der Waals surface area (Å²) in [4.78, 5) is 9.87. The quantitative estimate of drug-likeness (QED) is 0.729. The molecule has 8 nitrogen and oxygen atoms in total. The van der Waals surface area contributed by atoms with E-state index in [1.807, 2.05) is 17.8 Å². The van der Waals surface area contributed by atoms with Crippen LogP contribution in [0.25, 0.3) is 0 Å². The molecule has 1 aliphatic rings. The van der Waals surface area contributed by atoms with E-state index in [9.17, 15) is 13.2 Å². The highest BCUT2D eigenvalue weighted by Crippen LogP contribution is 2.28. The SMILES string of the molecule is CNc1nc(Nc2cn(C3CCN(CC(F)(F)F)CC3)nc2C)ncc1N. The van der Waals surface area contributed by atoms with Crippen molar-refractivity contribution in [2.45, 2.75) is 32.0 Å². The van der Waals surface area contributed by atoms with Crippen molar-refractivity contribution in [2.75, 3.05) is 43.0 Å². The van der Waals surface area contributed by atoms with Crippen LogP contribution in [0.3, 0.4) is 0 Å². The van der Waals surface area contributed by atoms with Crippen molar-refractivity contribution in [1.82, 2.24) is 24.6 Å². The van der Waals surface area contributed by atoms with Gasteiger partial charge in [-0.1, -0.05) is 0 Å². The predicted molar refractivity (Wildman–Crippen MR) is 97.0 cm³/mol. The fourth-order valence-electron chi connectivity index (χ4n) is 3.16. The highest BCUT2D eigenvalue weighted by Gasteiger charge is 2.33. The van der Waals surface area contributed by atoms with Gasteiger partial charge in [0, 0.05) is 26.3 Å². The van der Waals surface area contributed by atoms with Gasteiger partial charge in [0.1, 0.15) is 0 Å². The summed E-state index contributed by atoms with van der Waals surface area (Å²) in [5, 5.41) is 10.5. The molecule has 3 rings (SSSR count). The number of halogens is 3. The lowest BCUT2D eigenvalue weighted by Crippen LogP contribution is -2.40. The lowest BCUT2D eigenvalue weighted by atomic mass is 10.1. The molecule has 1 aliphatic heterocycles. The molecule has 2 aromatic heterocycles. The monoisotopic (exact) mass is 384 g/mol. The van der Waals surface area contributed by atoms with E-state index in [1.165, 1.54) is 11.1 Å². The average Bonchev–Trinajstić information content (AvgIpc) is 2.96. The summed E-state index contributed by atoms with van der Waals surface area (Å²) in [5.41, 5.74) is 7.73. The van der Waals surface area contributed by atoms with E-state index >= 15 is 0 Å². The van der Waals surface area contributed by atoms with E-state index < -0.39 is 12.7 Å². The molecule has 3 heterocycles. The Kier molecular flexibility index (Phi) is 5.40. The van der Waals surface area contributed by atoms with Gasteiger partial charge in [-0.05, 0) is 19.8 Å². The summed E-state index contributed by atoms with van der Waals surface area (Å²) in [7, 11) is 1.72. The molecule has 1 saturated heterocycles. The first-order valence-electron chi connectivity index (χ1n) is 8.67. The van der Waals surface area contributed by atoms with Gasteiger partial charge in [-0.3, -0.25) is 9.58 Å². The van der Waals surface area contributed by atoms with Crippen LogP contribution in [0.5, 0.6) is 0 Å². The zero-order chi connectivity index (χ0) is 19.6. The van der Waals surface area contributed by atoms with Crippen LogP contribution in [0.15, 0.2) is 12.4 Å². The van der Waals surface area contributed by atoms with Crippen molar-refractivity contribution in [1.29, 1.82) is 0 Å². The second kappa shape index (κ2) is 7.59. The minimum atomic E-state index is -4.16. The van der Waals surface area contributed by atoms with Crippen LogP contribution in [0, 0.1) is 6.92 Å². The third-order valence-corrected chi connectivity index (χ3v) is 4.55. The molecule has 1 fully saturated rings. The largest absolute Gasteiger partial charge is 0.401 e. The van der Waals surface area contributed by atoms with Crippen LogP contribution in [-0.4, -0.2) is 57.5 Å². The van der Waals surface area contributed by atoms with E-state index in [0.29, 0.717) is 43.4 Å². The minimum absolute atomic E-state index is 0.0731. The molecule has 0 amide bonds. The maximum atomic E-state index is 12.5. The third-order valence-electron chi connectivity index (χ3n) is 4.55. The Morgan fingerprint density at radius 3 is 2.63 bits per heavy atom. The molecule has 0 aliphatic carbocycles. The lowest BCUT2D eigenvalue weighted by Gasteiger charge is -2.32. The summed E-state index contributed by atoms with van der Waals surface area (Å²) >= 11 is 0. The molecule has 0 atom stereocenters. The number of anilines is 4. The second-order valence-electron chi connectivity index (χ2n) is 6.60. The van der Waals surface area contributed by atoms with Crippen molar-refractivity contribution in [3.63, 3.8) is 0 Å². The van der Waals surface area contributed by atoms with Gasteiger partial charge in [-0.2, -0.15) is 23.3 Å². The van der Waals surface area contributed by atoms with Gasteiger partial charge in [0.15, 0.2) is 5.82 Å². The predicted octanol–water partition coefficient (Wildman–Crippen LogP) is 2.55. The number of nitrogens with one attached hydrogen (secondary N) is 2. The number of hydrogen-bond acceptors (Lipinski definition) is 7. The number of likely N-dealkylation sites (tertiary alicyclic amines) is 1. The Hall–Kier alpha value is -2.56. The van der Waals surface area contributed by atoms with E-state index in [2.05, 4.69) is 25.7 Å². The number of aromatic nitrogens is 4. The number of rotatable bonds is 5. The fourth-order valence-corrected chi connectivity index (χ4v) is 3.16. The van der Waals surface area contributed by atoms with Crippen molar-refractivity contribution in [3.05, 3.63) is 18.1 Å². The van der Waals surface area contributed by atoms with Gasteiger partial charge >= 0.3 is 6.18 Å². The molecule has 0 bridgehead atoms. The van der Waals surface area contributed by atoms with Crippen LogP contribution < -0.4 is 16.4 Å². The zero-order valence-electron chi connectivity index (χ0n) is 15.2. The second-order valence-corrected chi connectivity index (χ2v) is 6.60. The summed E-state index contributed by atoms with van der Waals surface area (Å²) in [6.45, 7) is 1.80. The first-order chi connectivity index (χ1) is 12.7. The van der Waals surface area contributed by atoms with Crippen molar-refractivity contribution in [3.8, 4) is 0 Å². The van der Waals surface area contributed by atoms with Gasteiger partial charge in [-0.15, -0.1) is 0 Å². The van der Waals surface area contributed by atoms with Crippen LogP contribution in [0.4, 0.5) is 36.3 Å². The molecule has 0 spiro atoms. The smallest absolute Gasteiger partial charge is 0.394 e. The van der Waals surface area contributed by atoms with Crippen LogP contribution in [-0.2, 0) is 0 Å². The summed E-state index contributed by atoms with van der Waals surface area (Å²) < 4.78 is 39.4. The van der Waals surface area contributed by atoms with Gasteiger partial charge in [-0.25, -0.2) is 4.98 Å². The number of aryl methyl sites for hydroxylation is 1. The number of hydrogen-bond donors (Lipinski definition) is 3. The van der Waals surface area contributed by atoms with Gasteiger partial charge in [0.05, 0.1) is 35.9 Å². The van der Waals surface area contributed by atoms with Gasteiger partial charge in [0.25, 0.3) is 0 Å². The lowest BCUT2D eigenvalue weighted by molar-refractivity contribution is -0.148. The van der Waals surface area contributed by atoms with Crippen molar-refractivity contribution >= 4 is 23.1 Å². The Morgan fingerprint density at radius 2 is 2.00 bits per heavy atom. The van der Waals surface area contributed by atoms with Gasteiger partial charge < -0.3 is 16.4 Å². The molecule has 27 heavy (non-hydrogen) atoms. The summed E-state index contributed by atoms with van der Waals surface area (Å²) in [5.74, 6) is 0.908. The standard InChI is InChI=1S/C16H23F3N8/c1-10-13(23-15-22-7-12(20)14(21-2)24-15)8-27(25-10)11-3-5-26(6-4-11)9-16(17,18)19/h7-8,11H,3-6,9,20H2,1-2H3,(H2,21,22,23,24). The van der Waals surface area contributed by atoms with Crippen molar-refractivity contribution in [2.24, 2.45) is 0 Å².